The lowest BCUT2D eigenvalue weighted by molar-refractivity contribution is 0.475. The molecule has 2 aromatic carbocycles. The van der Waals surface area contributed by atoms with E-state index in [1.807, 2.05) is 25.1 Å². The summed E-state index contributed by atoms with van der Waals surface area (Å²) >= 11 is 0. The van der Waals surface area contributed by atoms with Gasteiger partial charge in [-0.25, -0.2) is 0 Å². The van der Waals surface area contributed by atoms with Gasteiger partial charge in [-0.1, -0.05) is 6.07 Å². The molecule has 0 unspecified atom stereocenters. The SMILES string of the molecule is Cc1cc(O)ccc1-c1c2ccc(=O)cc-2oc2cc(N)ccc12. The first-order valence-electron chi connectivity index (χ1n) is 7.59. The average Bonchev–Trinajstić information content (AvgIpc) is 2.53. The Balaban J connectivity index is 2.20. The summed E-state index contributed by atoms with van der Waals surface area (Å²) in [6, 6.07) is 15.5. The first kappa shape index (κ1) is 14.3. The lowest BCUT2D eigenvalue weighted by atomic mass is 9.91. The summed E-state index contributed by atoms with van der Waals surface area (Å²) in [5.41, 5.74) is 10.7. The number of rotatable bonds is 1. The maximum Gasteiger partial charge on any atom is 0.182 e. The van der Waals surface area contributed by atoms with Crippen LogP contribution in [0.1, 0.15) is 5.56 Å². The second-order valence-electron chi connectivity index (χ2n) is 5.89. The summed E-state index contributed by atoms with van der Waals surface area (Å²) in [7, 11) is 0. The molecule has 0 spiro atoms. The van der Waals surface area contributed by atoms with Gasteiger partial charge >= 0.3 is 0 Å². The number of nitrogens with two attached hydrogens (primary N) is 1. The van der Waals surface area contributed by atoms with E-state index in [1.54, 1.807) is 24.3 Å². The van der Waals surface area contributed by atoms with E-state index < -0.39 is 0 Å². The number of benzene rings is 3. The van der Waals surface area contributed by atoms with Gasteiger partial charge in [0.25, 0.3) is 0 Å². The zero-order valence-corrected chi connectivity index (χ0v) is 13.0. The molecular weight excluding hydrogens is 302 g/mol. The molecule has 24 heavy (non-hydrogen) atoms. The molecular formula is C20H15NO3. The van der Waals surface area contributed by atoms with Crippen molar-refractivity contribution in [3.63, 3.8) is 0 Å². The first-order chi connectivity index (χ1) is 11.5. The molecule has 2 aliphatic rings. The van der Waals surface area contributed by atoms with Gasteiger partial charge in [0.2, 0.25) is 0 Å². The van der Waals surface area contributed by atoms with Crippen LogP contribution in [0.3, 0.4) is 0 Å². The fourth-order valence-electron chi connectivity index (χ4n) is 3.11. The number of phenolic OH excluding ortho intramolecular Hbond substituents is 1. The van der Waals surface area contributed by atoms with Crippen LogP contribution in [0.4, 0.5) is 5.69 Å². The molecule has 0 fully saturated rings. The van der Waals surface area contributed by atoms with E-state index in [4.69, 9.17) is 10.2 Å². The van der Waals surface area contributed by atoms with Gasteiger partial charge < -0.3 is 15.3 Å². The van der Waals surface area contributed by atoms with Gasteiger partial charge in [-0.3, -0.25) is 4.79 Å². The van der Waals surface area contributed by atoms with E-state index in [2.05, 4.69) is 0 Å². The third-order valence-corrected chi connectivity index (χ3v) is 4.20. The zero-order valence-electron chi connectivity index (χ0n) is 13.0. The van der Waals surface area contributed by atoms with E-state index in [0.717, 1.165) is 27.6 Å². The van der Waals surface area contributed by atoms with Gasteiger partial charge in [0.1, 0.15) is 17.1 Å². The molecule has 1 aliphatic carbocycles. The topological polar surface area (TPSA) is 76.5 Å². The molecule has 4 nitrogen and oxygen atoms in total. The monoisotopic (exact) mass is 317 g/mol. The predicted molar refractivity (Wildman–Crippen MR) is 95.4 cm³/mol. The number of phenols is 1. The van der Waals surface area contributed by atoms with Crippen molar-refractivity contribution in [2.45, 2.75) is 6.92 Å². The number of hydrogen-bond acceptors (Lipinski definition) is 4. The molecule has 1 heterocycles. The summed E-state index contributed by atoms with van der Waals surface area (Å²) in [5.74, 6) is 0.736. The number of aryl methyl sites for hydroxylation is 1. The van der Waals surface area contributed by atoms with Gasteiger partial charge in [-0.05, 0) is 54.4 Å². The van der Waals surface area contributed by atoms with Crippen LogP contribution in [-0.4, -0.2) is 5.11 Å². The lowest BCUT2D eigenvalue weighted by Crippen LogP contribution is -2.00. The number of nitrogen functional groups attached to an aromatic ring is 1. The summed E-state index contributed by atoms with van der Waals surface area (Å²) in [6.07, 6.45) is 0. The third-order valence-electron chi connectivity index (χ3n) is 4.20. The Labute approximate surface area is 138 Å². The Morgan fingerprint density at radius 1 is 0.958 bits per heavy atom. The highest BCUT2D eigenvalue weighted by Crippen LogP contribution is 2.41. The van der Waals surface area contributed by atoms with Crippen LogP contribution in [-0.2, 0) is 0 Å². The van der Waals surface area contributed by atoms with E-state index in [0.29, 0.717) is 17.0 Å². The Kier molecular flexibility index (Phi) is 3.06. The molecule has 4 rings (SSSR count). The summed E-state index contributed by atoms with van der Waals surface area (Å²) in [5, 5.41) is 10.6. The van der Waals surface area contributed by atoms with Gasteiger partial charge in [-0.2, -0.15) is 0 Å². The molecule has 118 valence electrons. The quantitative estimate of drug-likeness (QED) is 0.408. The standard InChI is InChI=1S/C20H15NO3/c1-11-8-13(22)3-6-15(11)20-16-5-2-12(21)9-18(16)24-19-10-14(23)4-7-17(19)20/h2-10,22H,21H2,1H3. The maximum absolute atomic E-state index is 11.7. The minimum atomic E-state index is -0.108. The van der Waals surface area contributed by atoms with Crippen molar-refractivity contribution in [1.29, 1.82) is 0 Å². The average molecular weight is 317 g/mol. The van der Waals surface area contributed by atoms with Crippen LogP contribution in [0.2, 0.25) is 0 Å². The van der Waals surface area contributed by atoms with Crippen LogP contribution in [0.15, 0.2) is 63.8 Å². The number of hydrogen-bond donors (Lipinski definition) is 2. The van der Waals surface area contributed by atoms with Crippen molar-refractivity contribution < 1.29 is 9.52 Å². The minimum Gasteiger partial charge on any atom is -0.508 e. The molecule has 4 heteroatoms. The third kappa shape index (κ3) is 2.20. The van der Waals surface area contributed by atoms with Gasteiger partial charge in [0.05, 0.1) is 0 Å². The first-order valence-corrected chi connectivity index (χ1v) is 7.59. The van der Waals surface area contributed by atoms with Crippen molar-refractivity contribution in [3.05, 3.63) is 70.4 Å². The van der Waals surface area contributed by atoms with Crippen molar-refractivity contribution >= 4 is 16.7 Å². The molecule has 0 aromatic heterocycles. The Bertz CT molecular complexity index is 1110. The van der Waals surface area contributed by atoms with Gasteiger partial charge in [0.15, 0.2) is 5.43 Å². The highest BCUT2D eigenvalue weighted by Gasteiger charge is 2.18. The van der Waals surface area contributed by atoms with Crippen LogP contribution >= 0.6 is 0 Å². The lowest BCUT2D eigenvalue weighted by Gasteiger charge is -2.17. The number of fused-ring (bicyclic) bond motifs is 2. The summed E-state index contributed by atoms with van der Waals surface area (Å²) < 4.78 is 5.90. The van der Waals surface area contributed by atoms with Crippen LogP contribution in [0.5, 0.6) is 5.75 Å². The molecule has 2 aromatic rings. The number of aromatic hydroxyl groups is 1. The van der Waals surface area contributed by atoms with Crippen LogP contribution in [0, 0.1) is 6.92 Å². The molecule has 0 radical (unpaired) electrons. The van der Waals surface area contributed by atoms with Crippen molar-refractivity contribution in [1.82, 2.24) is 0 Å². The molecule has 0 atom stereocenters. The van der Waals surface area contributed by atoms with Gasteiger partial charge in [0, 0.05) is 34.3 Å². The second-order valence-corrected chi connectivity index (χ2v) is 5.89. The Morgan fingerprint density at radius 3 is 2.54 bits per heavy atom. The largest absolute Gasteiger partial charge is 0.508 e. The fourth-order valence-corrected chi connectivity index (χ4v) is 3.11. The van der Waals surface area contributed by atoms with Crippen molar-refractivity contribution in [2.75, 3.05) is 5.73 Å². The molecule has 3 N–H and O–H groups in total. The van der Waals surface area contributed by atoms with E-state index in [1.165, 1.54) is 12.1 Å². The maximum atomic E-state index is 11.7. The highest BCUT2D eigenvalue weighted by atomic mass is 16.3. The molecule has 1 aliphatic heterocycles. The van der Waals surface area contributed by atoms with Crippen LogP contribution < -0.4 is 11.2 Å². The van der Waals surface area contributed by atoms with Crippen molar-refractivity contribution in [2.24, 2.45) is 0 Å². The fraction of sp³-hybridized carbons (Fsp3) is 0.0500. The molecule has 0 saturated heterocycles. The summed E-state index contributed by atoms with van der Waals surface area (Å²) in [6.45, 7) is 1.94. The summed E-state index contributed by atoms with van der Waals surface area (Å²) in [4.78, 5) is 11.7. The Hall–Kier alpha value is -3.27. The van der Waals surface area contributed by atoms with Crippen LogP contribution in [0.25, 0.3) is 33.4 Å². The molecule has 0 bridgehead atoms. The zero-order chi connectivity index (χ0) is 16.8. The normalized spacial score (nSPS) is 11.2. The van der Waals surface area contributed by atoms with E-state index >= 15 is 0 Å². The highest BCUT2D eigenvalue weighted by molar-refractivity contribution is 6.03. The molecule has 0 amide bonds. The van der Waals surface area contributed by atoms with E-state index in [9.17, 15) is 9.90 Å². The van der Waals surface area contributed by atoms with Crippen molar-refractivity contribution in [3.8, 4) is 28.2 Å². The Morgan fingerprint density at radius 2 is 1.75 bits per heavy atom. The number of anilines is 1. The second kappa shape index (κ2) is 5.13. The van der Waals surface area contributed by atoms with Gasteiger partial charge in [-0.15, -0.1) is 0 Å². The molecule has 0 saturated carbocycles. The van der Waals surface area contributed by atoms with E-state index in [-0.39, 0.29) is 11.2 Å². The minimum absolute atomic E-state index is 0.108. The predicted octanol–water partition coefficient (Wildman–Crippen LogP) is 4.16. The smallest absolute Gasteiger partial charge is 0.182 e.